The van der Waals surface area contributed by atoms with Gasteiger partial charge in [-0.05, 0) is 31.2 Å². The van der Waals surface area contributed by atoms with Gasteiger partial charge in [0.05, 0.1) is 0 Å². The summed E-state index contributed by atoms with van der Waals surface area (Å²) >= 11 is 0. The number of nitrogens with zero attached hydrogens (tertiary/aromatic N) is 2. The minimum atomic E-state index is 0.556. The number of piperidine rings is 1. The van der Waals surface area contributed by atoms with Crippen molar-refractivity contribution in [1.82, 2.24) is 10.2 Å². The molecule has 0 spiro atoms. The third-order valence-electron chi connectivity index (χ3n) is 3.04. The lowest BCUT2D eigenvalue weighted by Crippen LogP contribution is -2.43. The van der Waals surface area contributed by atoms with E-state index in [1.54, 1.807) is 7.05 Å². The number of likely N-dealkylation sites (tertiary alicyclic amines) is 1. The number of nitrogens with two attached hydrogens (primary N) is 1. The molecule has 0 bridgehead atoms. The summed E-state index contributed by atoms with van der Waals surface area (Å²) in [6.07, 6.45) is 2.61. The Balaban J connectivity index is 2.27. The van der Waals surface area contributed by atoms with Crippen LogP contribution < -0.4 is 11.1 Å². The van der Waals surface area contributed by atoms with Crippen LogP contribution in [0.5, 0.6) is 0 Å². The molecule has 1 fully saturated rings. The summed E-state index contributed by atoms with van der Waals surface area (Å²) < 4.78 is 0. The van der Waals surface area contributed by atoms with Crippen LogP contribution >= 0.6 is 0 Å². The Morgan fingerprint density at radius 2 is 2.31 bits per heavy atom. The Labute approximate surface area is 99.3 Å². The van der Waals surface area contributed by atoms with Crippen LogP contribution in [0.25, 0.3) is 0 Å². The summed E-state index contributed by atoms with van der Waals surface area (Å²) in [5.74, 6) is 2.03. The third-order valence-corrected chi connectivity index (χ3v) is 3.04. The van der Waals surface area contributed by atoms with E-state index >= 15 is 0 Å². The molecule has 0 aromatic heterocycles. The first-order valence-corrected chi connectivity index (χ1v) is 6.30. The molecule has 16 heavy (non-hydrogen) atoms. The van der Waals surface area contributed by atoms with Gasteiger partial charge in [-0.1, -0.05) is 13.8 Å². The highest BCUT2D eigenvalue weighted by molar-refractivity contribution is 5.77. The van der Waals surface area contributed by atoms with Gasteiger partial charge < -0.3 is 16.0 Å². The lowest BCUT2D eigenvalue weighted by molar-refractivity contribution is 0.159. The predicted molar refractivity (Wildman–Crippen MR) is 69.6 cm³/mol. The Bertz CT molecular complexity index is 225. The largest absolute Gasteiger partial charge is 0.370 e. The molecule has 4 heteroatoms. The van der Waals surface area contributed by atoms with Crippen molar-refractivity contribution in [2.75, 3.05) is 33.2 Å². The van der Waals surface area contributed by atoms with Crippen LogP contribution in [0.15, 0.2) is 4.99 Å². The van der Waals surface area contributed by atoms with Crippen LogP contribution in [0.1, 0.15) is 26.7 Å². The molecular weight excluding hydrogens is 200 g/mol. The van der Waals surface area contributed by atoms with Crippen molar-refractivity contribution in [3.8, 4) is 0 Å². The molecule has 0 aromatic carbocycles. The Morgan fingerprint density at radius 3 is 2.94 bits per heavy atom. The quantitative estimate of drug-likeness (QED) is 0.553. The van der Waals surface area contributed by atoms with Gasteiger partial charge in [0.1, 0.15) is 0 Å². The molecule has 1 unspecified atom stereocenters. The lowest BCUT2D eigenvalue weighted by Gasteiger charge is -2.33. The van der Waals surface area contributed by atoms with Crippen molar-refractivity contribution in [1.29, 1.82) is 0 Å². The molecule has 4 nitrogen and oxygen atoms in total. The summed E-state index contributed by atoms with van der Waals surface area (Å²) in [6.45, 7) is 9.19. The molecular formula is C12H26N4. The Morgan fingerprint density at radius 1 is 1.56 bits per heavy atom. The topological polar surface area (TPSA) is 53.6 Å². The fraction of sp³-hybridized carbons (Fsp3) is 0.917. The number of hydrogen-bond donors (Lipinski definition) is 2. The fourth-order valence-corrected chi connectivity index (χ4v) is 2.33. The van der Waals surface area contributed by atoms with Gasteiger partial charge in [0.15, 0.2) is 5.96 Å². The molecule has 3 N–H and O–H groups in total. The molecule has 1 aliphatic heterocycles. The minimum absolute atomic E-state index is 0.556. The second kappa shape index (κ2) is 6.74. The highest BCUT2D eigenvalue weighted by atomic mass is 15.1. The summed E-state index contributed by atoms with van der Waals surface area (Å²) in [6, 6.07) is 0. The third kappa shape index (κ3) is 4.84. The van der Waals surface area contributed by atoms with E-state index in [1.807, 2.05) is 0 Å². The smallest absolute Gasteiger partial charge is 0.188 e. The number of guanidine groups is 1. The van der Waals surface area contributed by atoms with Gasteiger partial charge in [-0.3, -0.25) is 4.99 Å². The Hall–Kier alpha value is -0.770. The maximum Gasteiger partial charge on any atom is 0.188 e. The van der Waals surface area contributed by atoms with E-state index in [-0.39, 0.29) is 0 Å². The van der Waals surface area contributed by atoms with Gasteiger partial charge in [-0.25, -0.2) is 0 Å². The van der Waals surface area contributed by atoms with Crippen LogP contribution in [-0.4, -0.2) is 44.1 Å². The van der Waals surface area contributed by atoms with E-state index in [0.29, 0.717) is 11.9 Å². The molecule has 1 atom stereocenters. The molecule has 0 aromatic rings. The van der Waals surface area contributed by atoms with Gasteiger partial charge in [0.25, 0.3) is 0 Å². The van der Waals surface area contributed by atoms with E-state index in [1.165, 1.54) is 32.5 Å². The highest BCUT2D eigenvalue weighted by Crippen LogP contribution is 2.16. The van der Waals surface area contributed by atoms with Crippen molar-refractivity contribution >= 4 is 5.96 Å². The molecule has 0 aliphatic carbocycles. The molecule has 1 aliphatic rings. The molecule has 1 saturated heterocycles. The van der Waals surface area contributed by atoms with Gasteiger partial charge in [0, 0.05) is 26.7 Å². The summed E-state index contributed by atoms with van der Waals surface area (Å²) in [5, 5.41) is 3.18. The first-order valence-electron chi connectivity index (χ1n) is 6.30. The maximum atomic E-state index is 5.63. The van der Waals surface area contributed by atoms with Gasteiger partial charge >= 0.3 is 0 Å². The molecule has 1 rings (SSSR count). The zero-order valence-electron chi connectivity index (χ0n) is 10.9. The number of hydrogen-bond acceptors (Lipinski definition) is 2. The van der Waals surface area contributed by atoms with Crippen molar-refractivity contribution < 1.29 is 0 Å². The fourth-order valence-electron chi connectivity index (χ4n) is 2.33. The standard InChI is InChI=1S/C12H26N4/c1-10(2)8-16-6-4-5-11(9-16)7-15-12(13)14-3/h10-11H,4-9H2,1-3H3,(H3,13,14,15). The molecule has 94 valence electrons. The number of aliphatic imine (C=N–C) groups is 1. The summed E-state index contributed by atoms with van der Waals surface area (Å²) in [7, 11) is 1.72. The molecule has 0 saturated carbocycles. The van der Waals surface area contributed by atoms with Crippen molar-refractivity contribution in [2.24, 2.45) is 22.6 Å². The van der Waals surface area contributed by atoms with Crippen LogP contribution in [0.2, 0.25) is 0 Å². The number of rotatable bonds is 4. The lowest BCUT2D eigenvalue weighted by atomic mass is 9.97. The van der Waals surface area contributed by atoms with E-state index in [2.05, 4.69) is 29.1 Å². The van der Waals surface area contributed by atoms with Crippen molar-refractivity contribution in [2.45, 2.75) is 26.7 Å². The minimum Gasteiger partial charge on any atom is -0.370 e. The van der Waals surface area contributed by atoms with Crippen LogP contribution in [0.4, 0.5) is 0 Å². The molecule has 0 radical (unpaired) electrons. The number of nitrogens with one attached hydrogen (secondary N) is 1. The van der Waals surface area contributed by atoms with Crippen LogP contribution in [0.3, 0.4) is 0 Å². The summed E-state index contributed by atoms with van der Waals surface area (Å²) in [5.41, 5.74) is 5.63. The second-order valence-electron chi connectivity index (χ2n) is 5.15. The van der Waals surface area contributed by atoms with Crippen LogP contribution in [-0.2, 0) is 0 Å². The van der Waals surface area contributed by atoms with E-state index < -0.39 is 0 Å². The zero-order chi connectivity index (χ0) is 12.0. The highest BCUT2D eigenvalue weighted by Gasteiger charge is 2.20. The first kappa shape index (κ1) is 13.3. The van der Waals surface area contributed by atoms with Crippen molar-refractivity contribution in [3.63, 3.8) is 0 Å². The van der Waals surface area contributed by atoms with E-state index in [0.717, 1.165) is 12.5 Å². The SMILES string of the molecule is CN=C(N)NCC1CCCN(CC(C)C)C1. The van der Waals surface area contributed by atoms with Gasteiger partial charge in [-0.15, -0.1) is 0 Å². The monoisotopic (exact) mass is 226 g/mol. The average Bonchev–Trinajstić information content (AvgIpc) is 2.25. The van der Waals surface area contributed by atoms with Gasteiger partial charge in [-0.2, -0.15) is 0 Å². The van der Waals surface area contributed by atoms with E-state index in [4.69, 9.17) is 5.73 Å². The van der Waals surface area contributed by atoms with Crippen molar-refractivity contribution in [3.05, 3.63) is 0 Å². The average molecular weight is 226 g/mol. The zero-order valence-corrected chi connectivity index (χ0v) is 10.9. The van der Waals surface area contributed by atoms with Gasteiger partial charge in [0.2, 0.25) is 0 Å². The predicted octanol–water partition coefficient (Wildman–Crippen LogP) is 0.889. The first-order chi connectivity index (χ1) is 7.61. The summed E-state index contributed by atoms with van der Waals surface area (Å²) in [4.78, 5) is 6.48. The Kier molecular flexibility index (Phi) is 5.60. The van der Waals surface area contributed by atoms with E-state index in [9.17, 15) is 0 Å². The second-order valence-corrected chi connectivity index (χ2v) is 5.15. The van der Waals surface area contributed by atoms with Crippen LogP contribution in [0, 0.1) is 11.8 Å². The normalized spacial score (nSPS) is 23.8. The maximum absolute atomic E-state index is 5.63. The molecule has 1 heterocycles. The molecule has 0 amide bonds.